The van der Waals surface area contributed by atoms with Crippen molar-refractivity contribution < 1.29 is 15.3 Å². The number of hydrogen-bond acceptors (Lipinski definition) is 3. The van der Waals surface area contributed by atoms with Gasteiger partial charge in [0.05, 0.1) is 0 Å². The highest BCUT2D eigenvalue weighted by molar-refractivity contribution is 5.54. The molecule has 0 aliphatic carbocycles. The average molecular weight is 367 g/mol. The molecule has 3 nitrogen and oxygen atoms in total. The highest BCUT2D eigenvalue weighted by Gasteiger charge is 2.16. The molecule has 0 saturated carbocycles. The number of allylic oxidation sites excluding steroid dienone is 4. The minimum absolute atomic E-state index is 0.145. The minimum Gasteiger partial charge on any atom is -0.508 e. The Morgan fingerprint density at radius 2 is 1.33 bits per heavy atom. The number of rotatable bonds is 7. The topological polar surface area (TPSA) is 60.7 Å². The Labute approximate surface area is 162 Å². The SMILES string of the molecule is CC(C)=CCc1c(O)cc(CCc2ccc(O)cc2)c(CC=C(C)C)c1O. The Morgan fingerprint density at radius 3 is 1.89 bits per heavy atom. The molecule has 3 N–H and O–H groups in total. The van der Waals surface area contributed by atoms with E-state index in [2.05, 4.69) is 6.08 Å². The molecule has 27 heavy (non-hydrogen) atoms. The van der Waals surface area contributed by atoms with Gasteiger partial charge in [-0.2, -0.15) is 0 Å². The normalized spacial score (nSPS) is 10.5. The quantitative estimate of drug-likeness (QED) is 0.559. The monoisotopic (exact) mass is 366 g/mol. The number of phenolic OH excluding ortho intramolecular Hbond substituents is 3. The van der Waals surface area contributed by atoms with Crippen LogP contribution in [-0.2, 0) is 25.7 Å². The van der Waals surface area contributed by atoms with E-state index in [1.165, 1.54) is 5.57 Å². The highest BCUT2D eigenvalue weighted by atomic mass is 16.3. The lowest BCUT2D eigenvalue weighted by Crippen LogP contribution is -2.01. The van der Waals surface area contributed by atoms with Crippen LogP contribution >= 0.6 is 0 Å². The maximum absolute atomic E-state index is 10.9. The molecule has 0 unspecified atom stereocenters. The van der Waals surface area contributed by atoms with E-state index >= 15 is 0 Å². The van der Waals surface area contributed by atoms with E-state index in [0.717, 1.165) is 28.7 Å². The van der Waals surface area contributed by atoms with E-state index in [-0.39, 0.29) is 17.2 Å². The van der Waals surface area contributed by atoms with Crippen molar-refractivity contribution in [3.8, 4) is 17.2 Å². The standard InChI is InChI=1S/C24H30O3/c1-16(2)5-13-21-19(10-7-18-8-11-20(25)12-9-18)15-23(26)22(24(21)27)14-6-17(3)4/h5-6,8-9,11-12,15,25-27H,7,10,13-14H2,1-4H3. The van der Waals surface area contributed by atoms with Crippen molar-refractivity contribution in [1.82, 2.24) is 0 Å². The fraction of sp³-hybridized carbons (Fsp3) is 0.333. The first kappa shape index (κ1) is 20.6. The zero-order valence-electron chi connectivity index (χ0n) is 16.7. The summed E-state index contributed by atoms with van der Waals surface area (Å²) in [5.41, 5.74) is 5.87. The Balaban J connectivity index is 2.37. The molecule has 2 aromatic carbocycles. The summed E-state index contributed by atoms with van der Waals surface area (Å²) in [5.74, 6) is 0.597. The van der Waals surface area contributed by atoms with Gasteiger partial charge in [-0.1, -0.05) is 35.4 Å². The molecule has 0 atom stereocenters. The molecule has 0 fully saturated rings. The Hall–Kier alpha value is -2.68. The second kappa shape index (κ2) is 9.31. The van der Waals surface area contributed by atoms with Gasteiger partial charge in [-0.25, -0.2) is 0 Å². The third-order valence-electron chi connectivity index (χ3n) is 4.63. The molecule has 2 aromatic rings. The second-order valence-electron chi connectivity index (χ2n) is 7.50. The van der Waals surface area contributed by atoms with Gasteiger partial charge in [-0.05, 0) is 82.7 Å². The van der Waals surface area contributed by atoms with Crippen molar-refractivity contribution in [1.29, 1.82) is 0 Å². The van der Waals surface area contributed by atoms with Crippen molar-refractivity contribution in [2.45, 2.75) is 53.4 Å². The average Bonchev–Trinajstić information content (AvgIpc) is 2.59. The molecule has 0 aliphatic heterocycles. The predicted molar refractivity (Wildman–Crippen MR) is 112 cm³/mol. The largest absolute Gasteiger partial charge is 0.508 e. The maximum atomic E-state index is 10.9. The van der Waals surface area contributed by atoms with E-state index in [4.69, 9.17) is 0 Å². The molecule has 0 amide bonds. The summed E-state index contributed by atoms with van der Waals surface area (Å²) in [6.07, 6.45) is 6.74. The van der Waals surface area contributed by atoms with Crippen LogP contribution in [0.25, 0.3) is 0 Å². The van der Waals surface area contributed by atoms with Crippen LogP contribution in [0, 0.1) is 0 Å². The lowest BCUT2D eigenvalue weighted by Gasteiger charge is -2.16. The van der Waals surface area contributed by atoms with Crippen LogP contribution in [0.1, 0.15) is 49.9 Å². The summed E-state index contributed by atoms with van der Waals surface area (Å²) in [7, 11) is 0. The molecule has 144 valence electrons. The molecule has 2 rings (SSSR count). The van der Waals surface area contributed by atoms with Gasteiger partial charge in [0.25, 0.3) is 0 Å². The van der Waals surface area contributed by atoms with Crippen LogP contribution < -0.4 is 0 Å². The molecule has 0 saturated heterocycles. The third-order valence-corrected chi connectivity index (χ3v) is 4.63. The third kappa shape index (κ3) is 5.92. The second-order valence-corrected chi connectivity index (χ2v) is 7.50. The number of hydrogen-bond donors (Lipinski definition) is 3. The molecule has 0 aliphatic rings. The fourth-order valence-electron chi connectivity index (χ4n) is 3.00. The van der Waals surface area contributed by atoms with Crippen LogP contribution in [0.5, 0.6) is 17.2 Å². The van der Waals surface area contributed by atoms with E-state index in [9.17, 15) is 15.3 Å². The van der Waals surface area contributed by atoms with Crippen molar-refractivity contribution in [2.24, 2.45) is 0 Å². The summed E-state index contributed by atoms with van der Waals surface area (Å²) in [4.78, 5) is 0. The molecule has 0 bridgehead atoms. The van der Waals surface area contributed by atoms with Crippen molar-refractivity contribution >= 4 is 0 Å². The van der Waals surface area contributed by atoms with Gasteiger partial charge in [0.1, 0.15) is 17.2 Å². The highest BCUT2D eigenvalue weighted by Crippen LogP contribution is 2.36. The van der Waals surface area contributed by atoms with E-state index in [1.54, 1.807) is 18.2 Å². The van der Waals surface area contributed by atoms with Gasteiger partial charge in [-0.3, -0.25) is 0 Å². The van der Waals surface area contributed by atoms with Gasteiger partial charge in [0, 0.05) is 11.1 Å². The maximum Gasteiger partial charge on any atom is 0.126 e. The van der Waals surface area contributed by atoms with Gasteiger partial charge in [0.15, 0.2) is 0 Å². The number of aromatic hydroxyl groups is 3. The molecule has 0 heterocycles. The molecule has 0 aromatic heterocycles. The van der Waals surface area contributed by atoms with Gasteiger partial charge in [-0.15, -0.1) is 0 Å². The zero-order chi connectivity index (χ0) is 20.0. The van der Waals surface area contributed by atoms with Gasteiger partial charge in [0.2, 0.25) is 0 Å². The first-order valence-electron chi connectivity index (χ1n) is 9.38. The first-order chi connectivity index (χ1) is 12.8. The molecular formula is C24H30O3. The van der Waals surface area contributed by atoms with E-state index < -0.39 is 0 Å². The summed E-state index contributed by atoms with van der Waals surface area (Å²) in [6, 6.07) is 8.94. The smallest absolute Gasteiger partial charge is 0.126 e. The number of phenols is 3. The number of benzene rings is 2. The van der Waals surface area contributed by atoms with Gasteiger partial charge >= 0.3 is 0 Å². The predicted octanol–water partition coefficient (Wildman–Crippen LogP) is 5.61. The van der Waals surface area contributed by atoms with Crippen molar-refractivity contribution in [3.63, 3.8) is 0 Å². The minimum atomic E-state index is 0.145. The zero-order valence-corrected chi connectivity index (χ0v) is 16.7. The summed E-state index contributed by atoms with van der Waals surface area (Å²) >= 11 is 0. The summed E-state index contributed by atoms with van der Waals surface area (Å²) < 4.78 is 0. The fourth-order valence-corrected chi connectivity index (χ4v) is 3.00. The van der Waals surface area contributed by atoms with Crippen molar-refractivity contribution in [2.75, 3.05) is 0 Å². The Bertz CT molecular complexity index is 835. The Morgan fingerprint density at radius 1 is 0.778 bits per heavy atom. The summed E-state index contributed by atoms with van der Waals surface area (Å²) in [6.45, 7) is 8.09. The molecule has 0 spiro atoms. The first-order valence-corrected chi connectivity index (χ1v) is 9.38. The van der Waals surface area contributed by atoms with Crippen LogP contribution in [-0.4, -0.2) is 15.3 Å². The molecule has 3 heteroatoms. The van der Waals surface area contributed by atoms with E-state index in [1.807, 2.05) is 45.9 Å². The van der Waals surface area contributed by atoms with Crippen LogP contribution in [0.4, 0.5) is 0 Å². The van der Waals surface area contributed by atoms with Crippen LogP contribution in [0.3, 0.4) is 0 Å². The van der Waals surface area contributed by atoms with Crippen LogP contribution in [0.2, 0.25) is 0 Å². The summed E-state index contributed by atoms with van der Waals surface area (Å²) in [5, 5.41) is 30.8. The lowest BCUT2D eigenvalue weighted by molar-refractivity contribution is 0.435. The van der Waals surface area contributed by atoms with Gasteiger partial charge < -0.3 is 15.3 Å². The Kier molecular flexibility index (Phi) is 7.12. The number of aryl methyl sites for hydroxylation is 2. The lowest BCUT2D eigenvalue weighted by atomic mass is 9.92. The van der Waals surface area contributed by atoms with Crippen LogP contribution in [0.15, 0.2) is 53.6 Å². The van der Waals surface area contributed by atoms with E-state index in [0.29, 0.717) is 24.8 Å². The molecular weight excluding hydrogens is 336 g/mol. The molecule has 0 radical (unpaired) electrons. The van der Waals surface area contributed by atoms with Crippen molar-refractivity contribution in [3.05, 3.63) is 75.9 Å².